The Balaban J connectivity index is 2.87. The first-order chi connectivity index (χ1) is 7.54. The molecule has 5 nitrogen and oxygen atoms in total. The predicted molar refractivity (Wildman–Crippen MR) is 53.4 cm³/mol. The Labute approximate surface area is 91.0 Å². The number of halogens is 1. The lowest BCUT2D eigenvalue weighted by Gasteiger charge is -2.02. The van der Waals surface area contributed by atoms with Gasteiger partial charge in [0.1, 0.15) is 0 Å². The van der Waals surface area contributed by atoms with E-state index in [4.69, 9.17) is 0 Å². The van der Waals surface area contributed by atoms with Crippen LogP contribution in [-0.2, 0) is 16.0 Å². The molecule has 0 saturated heterocycles. The molecular formula is C10H10FNO4. The minimum absolute atomic E-state index is 0.102. The van der Waals surface area contributed by atoms with Gasteiger partial charge in [0.05, 0.1) is 18.0 Å². The first-order valence-corrected chi connectivity index (χ1v) is 4.63. The van der Waals surface area contributed by atoms with Crippen molar-refractivity contribution < 1.29 is 18.8 Å². The molecule has 0 aliphatic heterocycles. The second-order valence-corrected chi connectivity index (χ2v) is 3.02. The van der Waals surface area contributed by atoms with E-state index in [1.165, 1.54) is 6.07 Å². The van der Waals surface area contributed by atoms with Gasteiger partial charge in [0.25, 0.3) is 0 Å². The van der Waals surface area contributed by atoms with E-state index in [1.54, 1.807) is 6.92 Å². The van der Waals surface area contributed by atoms with Crippen LogP contribution in [0.2, 0.25) is 0 Å². The minimum Gasteiger partial charge on any atom is -0.466 e. The number of hydrogen-bond donors (Lipinski definition) is 0. The Hall–Kier alpha value is -1.98. The monoisotopic (exact) mass is 227 g/mol. The van der Waals surface area contributed by atoms with Gasteiger partial charge in [-0.3, -0.25) is 14.9 Å². The predicted octanol–water partition coefficient (Wildman–Crippen LogP) is 1.84. The number of rotatable bonds is 4. The van der Waals surface area contributed by atoms with Crippen molar-refractivity contribution in [2.75, 3.05) is 6.61 Å². The number of nitrogens with zero attached hydrogens (tertiary/aromatic N) is 1. The molecule has 0 unspecified atom stereocenters. The van der Waals surface area contributed by atoms with E-state index in [2.05, 4.69) is 4.74 Å². The molecule has 0 atom stereocenters. The lowest BCUT2D eigenvalue weighted by molar-refractivity contribution is -0.387. The summed E-state index contributed by atoms with van der Waals surface area (Å²) in [5.74, 6) is -1.42. The summed E-state index contributed by atoms with van der Waals surface area (Å²) in [6.45, 7) is 1.90. The summed E-state index contributed by atoms with van der Waals surface area (Å²) in [7, 11) is 0. The zero-order chi connectivity index (χ0) is 12.1. The highest BCUT2D eigenvalue weighted by Gasteiger charge is 2.15. The van der Waals surface area contributed by atoms with Crippen molar-refractivity contribution >= 4 is 11.7 Å². The molecule has 0 aliphatic carbocycles. The summed E-state index contributed by atoms with van der Waals surface area (Å²) < 4.78 is 17.6. The van der Waals surface area contributed by atoms with Crippen LogP contribution in [0.15, 0.2) is 18.2 Å². The van der Waals surface area contributed by atoms with Crippen molar-refractivity contribution in [1.82, 2.24) is 0 Å². The van der Waals surface area contributed by atoms with Gasteiger partial charge in [-0.1, -0.05) is 6.07 Å². The van der Waals surface area contributed by atoms with Gasteiger partial charge in [0.2, 0.25) is 5.82 Å². The van der Waals surface area contributed by atoms with Crippen LogP contribution in [0.5, 0.6) is 0 Å². The van der Waals surface area contributed by atoms with Crippen molar-refractivity contribution in [3.8, 4) is 0 Å². The largest absolute Gasteiger partial charge is 0.466 e. The molecule has 16 heavy (non-hydrogen) atoms. The van der Waals surface area contributed by atoms with E-state index >= 15 is 0 Å². The molecule has 0 spiro atoms. The van der Waals surface area contributed by atoms with Gasteiger partial charge in [-0.05, 0) is 18.6 Å². The van der Waals surface area contributed by atoms with Gasteiger partial charge in [-0.2, -0.15) is 4.39 Å². The van der Waals surface area contributed by atoms with E-state index in [9.17, 15) is 19.3 Å². The summed E-state index contributed by atoms with van der Waals surface area (Å²) in [6, 6.07) is 3.32. The number of benzene rings is 1. The molecule has 1 rings (SSSR count). The number of ether oxygens (including phenoxy) is 1. The van der Waals surface area contributed by atoms with Crippen molar-refractivity contribution in [3.05, 3.63) is 39.7 Å². The highest BCUT2D eigenvalue weighted by Crippen LogP contribution is 2.18. The van der Waals surface area contributed by atoms with E-state index in [0.717, 1.165) is 12.1 Å². The third-order valence-electron chi connectivity index (χ3n) is 1.86. The Kier molecular flexibility index (Phi) is 3.93. The maximum atomic E-state index is 12.9. The number of nitro benzene ring substituents is 1. The number of hydrogen-bond acceptors (Lipinski definition) is 4. The van der Waals surface area contributed by atoms with E-state index in [-0.39, 0.29) is 13.0 Å². The van der Waals surface area contributed by atoms with Gasteiger partial charge >= 0.3 is 11.7 Å². The highest BCUT2D eigenvalue weighted by molar-refractivity contribution is 5.72. The van der Waals surface area contributed by atoms with E-state index in [0.29, 0.717) is 5.56 Å². The Morgan fingerprint density at radius 3 is 2.81 bits per heavy atom. The fraction of sp³-hybridized carbons (Fsp3) is 0.300. The lowest BCUT2D eigenvalue weighted by Crippen LogP contribution is -2.08. The van der Waals surface area contributed by atoms with Crippen molar-refractivity contribution in [3.63, 3.8) is 0 Å². The molecule has 86 valence electrons. The van der Waals surface area contributed by atoms with Gasteiger partial charge in [-0.15, -0.1) is 0 Å². The molecule has 0 N–H and O–H groups in total. The number of nitro groups is 1. The van der Waals surface area contributed by atoms with Crippen molar-refractivity contribution in [2.45, 2.75) is 13.3 Å². The molecule has 0 radical (unpaired) electrons. The molecular weight excluding hydrogens is 217 g/mol. The zero-order valence-corrected chi connectivity index (χ0v) is 8.60. The summed E-state index contributed by atoms with van der Waals surface area (Å²) in [4.78, 5) is 20.7. The highest BCUT2D eigenvalue weighted by atomic mass is 19.1. The van der Waals surface area contributed by atoms with Gasteiger partial charge in [0.15, 0.2) is 0 Å². The van der Waals surface area contributed by atoms with Gasteiger partial charge in [0, 0.05) is 6.07 Å². The van der Waals surface area contributed by atoms with Crippen LogP contribution in [0, 0.1) is 15.9 Å². The maximum Gasteiger partial charge on any atom is 0.310 e. The first-order valence-electron chi connectivity index (χ1n) is 4.63. The minimum atomic E-state index is -0.919. The van der Waals surface area contributed by atoms with Crippen LogP contribution in [0.25, 0.3) is 0 Å². The smallest absolute Gasteiger partial charge is 0.310 e. The van der Waals surface area contributed by atoms with E-state index in [1.807, 2.05) is 0 Å². The third kappa shape index (κ3) is 3.01. The summed E-state index contributed by atoms with van der Waals surface area (Å²) in [5, 5.41) is 10.4. The molecule has 6 heteroatoms. The number of carbonyl (C=O) groups excluding carboxylic acids is 1. The summed E-state index contributed by atoms with van der Waals surface area (Å²) >= 11 is 0. The lowest BCUT2D eigenvalue weighted by atomic mass is 10.1. The van der Waals surface area contributed by atoms with Crippen LogP contribution in [0.4, 0.5) is 10.1 Å². The molecule has 0 heterocycles. The normalized spacial score (nSPS) is 9.88. The molecule has 0 saturated carbocycles. The molecule has 1 aromatic carbocycles. The second-order valence-electron chi connectivity index (χ2n) is 3.02. The Bertz CT molecular complexity index is 419. The third-order valence-corrected chi connectivity index (χ3v) is 1.86. The van der Waals surface area contributed by atoms with Crippen LogP contribution >= 0.6 is 0 Å². The Morgan fingerprint density at radius 1 is 1.56 bits per heavy atom. The zero-order valence-electron chi connectivity index (χ0n) is 8.60. The summed E-state index contributed by atoms with van der Waals surface area (Å²) in [5.41, 5.74) is -0.284. The van der Waals surface area contributed by atoms with E-state index < -0.39 is 22.4 Å². The van der Waals surface area contributed by atoms with Gasteiger partial charge in [-0.25, -0.2) is 0 Å². The molecule has 0 fully saturated rings. The fourth-order valence-corrected chi connectivity index (χ4v) is 1.19. The first kappa shape index (κ1) is 12.1. The number of esters is 1. The molecule has 0 amide bonds. The fourth-order valence-electron chi connectivity index (χ4n) is 1.19. The quantitative estimate of drug-likeness (QED) is 0.447. The topological polar surface area (TPSA) is 69.4 Å². The average molecular weight is 227 g/mol. The van der Waals surface area contributed by atoms with Crippen molar-refractivity contribution in [1.29, 1.82) is 0 Å². The van der Waals surface area contributed by atoms with Crippen LogP contribution in [0.3, 0.4) is 0 Å². The molecule has 0 aliphatic rings. The average Bonchev–Trinajstić information content (AvgIpc) is 2.21. The summed E-state index contributed by atoms with van der Waals surface area (Å²) in [6.07, 6.45) is -0.102. The second kappa shape index (κ2) is 5.20. The maximum absolute atomic E-state index is 12.9. The van der Waals surface area contributed by atoms with Crippen molar-refractivity contribution in [2.24, 2.45) is 0 Å². The molecule has 0 bridgehead atoms. The Morgan fingerprint density at radius 2 is 2.25 bits per heavy atom. The van der Waals surface area contributed by atoms with Gasteiger partial charge < -0.3 is 4.74 Å². The van der Waals surface area contributed by atoms with Crippen LogP contribution < -0.4 is 0 Å². The molecule has 1 aromatic rings. The number of carbonyl (C=O) groups is 1. The standard InChI is InChI=1S/C10H10FNO4/c1-2-16-10(13)6-7-3-4-8(11)9(5-7)12(14)15/h3-5H,2,6H2,1H3. The molecule has 0 aromatic heterocycles. The SMILES string of the molecule is CCOC(=O)Cc1ccc(F)c([N+](=O)[O-])c1. The van der Waals surface area contributed by atoms with Crippen LogP contribution in [0.1, 0.15) is 12.5 Å². The van der Waals surface area contributed by atoms with Crippen LogP contribution in [-0.4, -0.2) is 17.5 Å².